The molecule has 1 aliphatic carbocycles. The molecule has 1 aliphatic rings. The van der Waals surface area contributed by atoms with Gasteiger partial charge in [0.15, 0.2) is 0 Å². The minimum Gasteiger partial charge on any atom is -1.00 e. The van der Waals surface area contributed by atoms with Crippen LogP contribution < -0.4 is 24.2 Å². The van der Waals surface area contributed by atoms with Crippen molar-refractivity contribution in [1.82, 2.24) is 5.32 Å². The number of hydrogen-bond acceptors (Lipinski definition) is 4. The van der Waals surface area contributed by atoms with E-state index in [4.69, 9.17) is 4.74 Å². The summed E-state index contributed by atoms with van der Waals surface area (Å²) in [6.07, 6.45) is 10.1. The van der Waals surface area contributed by atoms with Crippen molar-refractivity contribution >= 4 is 23.6 Å². The van der Waals surface area contributed by atoms with Gasteiger partial charge in [0.2, 0.25) is 0 Å². The predicted molar refractivity (Wildman–Crippen MR) is 140 cm³/mol. The summed E-state index contributed by atoms with van der Waals surface area (Å²) < 4.78 is 6.00. The Morgan fingerprint density at radius 2 is 1.89 bits per heavy atom. The zero-order valence-corrected chi connectivity index (χ0v) is 22.2. The van der Waals surface area contributed by atoms with Crippen LogP contribution in [0.4, 0.5) is 0 Å². The van der Waals surface area contributed by atoms with Crippen molar-refractivity contribution in [3.8, 4) is 11.1 Å². The van der Waals surface area contributed by atoms with E-state index >= 15 is 0 Å². The molecule has 1 saturated carbocycles. The van der Waals surface area contributed by atoms with Crippen LogP contribution in [-0.2, 0) is 16.1 Å². The maximum Gasteiger partial charge on any atom is 1.00 e. The summed E-state index contributed by atoms with van der Waals surface area (Å²) in [7, 11) is 0. The minimum atomic E-state index is -1.01. The number of benzene rings is 2. The molecule has 0 aliphatic heterocycles. The van der Waals surface area contributed by atoms with Gasteiger partial charge in [-0.15, -0.1) is 0 Å². The molecule has 2 N–H and O–H groups in total. The number of rotatable bonds is 12. The molecule has 5 nitrogen and oxygen atoms in total. The Balaban J connectivity index is 0.00000324. The van der Waals surface area contributed by atoms with Crippen LogP contribution in [0, 0.1) is 12.8 Å². The molecule has 2 aromatic carbocycles. The largest absolute Gasteiger partial charge is 1.00 e. The van der Waals surface area contributed by atoms with Crippen molar-refractivity contribution in [3.63, 3.8) is 0 Å². The van der Waals surface area contributed by atoms with Gasteiger partial charge in [-0.05, 0) is 72.1 Å². The molecule has 0 unspecified atom stereocenters. The molecule has 2 aromatic rings. The van der Waals surface area contributed by atoms with Gasteiger partial charge in [0.1, 0.15) is 6.04 Å². The number of ether oxygens (including phenoxy) is 1. The first kappa shape index (κ1) is 29.5. The van der Waals surface area contributed by atoms with Gasteiger partial charge >= 0.3 is 24.8 Å². The summed E-state index contributed by atoms with van der Waals surface area (Å²) in [5.74, 6) is 0.0777. The Labute approximate surface area is 227 Å². The summed E-state index contributed by atoms with van der Waals surface area (Å²) in [4.78, 5) is 24.8. The molecular weight excluding hydrogens is 453 g/mol. The van der Waals surface area contributed by atoms with E-state index in [1.54, 1.807) is 17.8 Å². The van der Waals surface area contributed by atoms with E-state index < -0.39 is 12.0 Å². The topological polar surface area (TPSA) is 75.6 Å². The Kier molecular flexibility index (Phi) is 13.0. The number of hydrogen-bond donors (Lipinski definition) is 2. The van der Waals surface area contributed by atoms with Crippen LogP contribution in [0.5, 0.6) is 0 Å². The summed E-state index contributed by atoms with van der Waals surface area (Å²) in [6.45, 7) is 3.27. The van der Waals surface area contributed by atoms with E-state index in [0.717, 1.165) is 41.2 Å². The Hall–Kier alpha value is -1.71. The molecule has 7 heteroatoms. The fourth-order valence-electron chi connectivity index (χ4n) is 4.62. The van der Waals surface area contributed by atoms with E-state index in [1.165, 1.54) is 32.1 Å². The normalized spacial score (nSPS) is 14.7. The second kappa shape index (κ2) is 15.4. The summed E-state index contributed by atoms with van der Waals surface area (Å²) in [5.41, 5.74) is 4.32. The molecule has 0 radical (unpaired) electrons. The number of carboxylic acids is 1. The molecule has 0 saturated heterocycles. The second-order valence-corrected chi connectivity index (χ2v) is 10.2. The number of aliphatic carboxylic acids is 1. The monoisotopic (exact) mass is 491 g/mol. The van der Waals surface area contributed by atoms with Crippen molar-refractivity contribution in [2.75, 3.05) is 18.6 Å². The fraction of sp³-hybridized carbons (Fsp3) is 0.500. The predicted octanol–water partition coefficient (Wildman–Crippen LogP) is 3.20. The third-order valence-electron chi connectivity index (χ3n) is 6.64. The van der Waals surface area contributed by atoms with Gasteiger partial charge < -0.3 is 16.6 Å². The second-order valence-electron chi connectivity index (χ2n) is 9.19. The SMILES string of the molecule is CSCC[C@H](NC(=O)c1ccc(COCCC2CCCCC2)cc1-c1ccccc1C)C(=O)O.[H-].[Li+]. The minimum absolute atomic E-state index is 0. The van der Waals surface area contributed by atoms with Crippen LogP contribution in [0.3, 0.4) is 0 Å². The molecule has 1 fully saturated rings. The summed E-state index contributed by atoms with van der Waals surface area (Å²) >= 11 is 1.56. The summed E-state index contributed by atoms with van der Waals surface area (Å²) in [6, 6.07) is 12.7. The average Bonchev–Trinajstić information content (AvgIpc) is 2.85. The maximum absolute atomic E-state index is 13.2. The van der Waals surface area contributed by atoms with Crippen molar-refractivity contribution in [2.45, 2.75) is 64.5 Å². The van der Waals surface area contributed by atoms with Crippen LogP contribution >= 0.6 is 11.8 Å². The van der Waals surface area contributed by atoms with Crippen molar-refractivity contribution < 1.29 is 39.7 Å². The number of amides is 1. The molecule has 1 atom stereocenters. The van der Waals surface area contributed by atoms with Crippen molar-refractivity contribution in [2.24, 2.45) is 5.92 Å². The molecule has 0 spiro atoms. The van der Waals surface area contributed by atoms with Gasteiger partial charge in [-0.1, -0.05) is 62.4 Å². The van der Waals surface area contributed by atoms with E-state index in [1.807, 2.05) is 49.6 Å². The number of carbonyl (C=O) groups is 2. The van der Waals surface area contributed by atoms with Gasteiger partial charge in [-0.3, -0.25) is 4.79 Å². The number of carboxylic acid groups (broad SMARTS) is 1. The van der Waals surface area contributed by atoms with E-state index in [2.05, 4.69) is 5.32 Å². The molecule has 35 heavy (non-hydrogen) atoms. The smallest absolute Gasteiger partial charge is 1.00 e. The van der Waals surface area contributed by atoms with Gasteiger partial charge in [-0.2, -0.15) is 11.8 Å². The Bertz CT molecular complexity index is 968. The van der Waals surface area contributed by atoms with Crippen LogP contribution in [0.25, 0.3) is 11.1 Å². The van der Waals surface area contributed by atoms with Crippen molar-refractivity contribution in [1.29, 1.82) is 0 Å². The molecule has 186 valence electrons. The first-order valence-corrected chi connectivity index (χ1v) is 13.7. The number of carbonyl (C=O) groups excluding carboxylic acids is 1. The van der Waals surface area contributed by atoms with Crippen LogP contribution in [-0.4, -0.2) is 41.6 Å². The Morgan fingerprint density at radius 1 is 1.14 bits per heavy atom. The van der Waals surface area contributed by atoms with Gasteiger partial charge in [0, 0.05) is 12.2 Å². The first-order chi connectivity index (χ1) is 16.5. The van der Waals surface area contributed by atoms with Gasteiger partial charge in [-0.25, -0.2) is 4.79 Å². The zero-order chi connectivity index (χ0) is 24.3. The molecular formula is C28H38LiNO4S. The van der Waals surface area contributed by atoms with E-state index in [9.17, 15) is 14.7 Å². The average molecular weight is 492 g/mol. The van der Waals surface area contributed by atoms with Crippen LogP contribution in [0.1, 0.15) is 67.9 Å². The number of thioether (sulfide) groups is 1. The van der Waals surface area contributed by atoms with Crippen LogP contribution in [0.2, 0.25) is 0 Å². The molecule has 0 bridgehead atoms. The third kappa shape index (κ3) is 9.02. The standard InChI is InChI=1S/C28H37NO4S.Li.H/c1-20-8-6-7-11-23(20)25-18-22(19-33-16-14-21-9-4-3-5-10-21)12-13-24(25)27(30)29-26(28(31)32)15-17-34-2;;/h6-8,11-13,18,21,26H,3-5,9-10,14-17,19H2,1-2H3,(H,29,30)(H,31,32);;/q;+1;-1/t26-;;/m0../s1. The molecule has 0 aromatic heterocycles. The Morgan fingerprint density at radius 3 is 2.57 bits per heavy atom. The zero-order valence-electron chi connectivity index (χ0n) is 22.3. The number of nitrogens with one attached hydrogen (secondary N) is 1. The first-order valence-electron chi connectivity index (χ1n) is 12.3. The maximum atomic E-state index is 13.2. The summed E-state index contributed by atoms with van der Waals surface area (Å²) in [5, 5.41) is 12.3. The van der Waals surface area contributed by atoms with Crippen LogP contribution in [0.15, 0.2) is 42.5 Å². The van der Waals surface area contributed by atoms with E-state index in [-0.39, 0.29) is 26.2 Å². The molecule has 0 heterocycles. The van der Waals surface area contributed by atoms with Gasteiger partial charge in [0.25, 0.3) is 5.91 Å². The van der Waals surface area contributed by atoms with Gasteiger partial charge in [0.05, 0.1) is 6.61 Å². The quantitative estimate of drug-likeness (QED) is 0.352. The fourth-order valence-corrected chi connectivity index (χ4v) is 5.09. The van der Waals surface area contributed by atoms with Crippen molar-refractivity contribution in [3.05, 3.63) is 59.2 Å². The third-order valence-corrected chi connectivity index (χ3v) is 7.29. The molecule has 3 rings (SSSR count). The number of aryl methyl sites for hydroxylation is 1. The molecule has 1 amide bonds. The van der Waals surface area contributed by atoms with E-state index in [0.29, 0.717) is 24.3 Å².